The summed E-state index contributed by atoms with van der Waals surface area (Å²) >= 11 is 0. The molecule has 0 saturated heterocycles. The number of allylic oxidation sites excluding steroid dienone is 2. The van der Waals surface area contributed by atoms with Crippen LogP contribution in [0.1, 0.15) is 6.42 Å². The monoisotopic (exact) mass is 159 g/mol. The molecule has 3 aliphatic rings. The molecule has 0 fully saturated rings. The van der Waals surface area contributed by atoms with Gasteiger partial charge in [-0.2, -0.15) is 0 Å². The maximum atomic E-state index is 11.2. The van der Waals surface area contributed by atoms with E-state index >= 15 is 0 Å². The molecule has 3 nitrogen and oxygen atoms in total. The van der Waals surface area contributed by atoms with Gasteiger partial charge in [0.1, 0.15) is 0 Å². The molecule has 2 bridgehead atoms. The number of hydrogen-bond acceptors (Lipinski definition) is 2. The van der Waals surface area contributed by atoms with Gasteiger partial charge in [-0.15, -0.1) is 0 Å². The molecule has 0 spiro atoms. The SMILES string of the molecule is O=C1NC(=O)C2=C1C1=CC=C2C1. The summed E-state index contributed by atoms with van der Waals surface area (Å²) in [5.74, 6) is -0.464. The molecule has 58 valence electrons. The van der Waals surface area contributed by atoms with E-state index in [2.05, 4.69) is 5.32 Å². The van der Waals surface area contributed by atoms with E-state index in [9.17, 15) is 9.59 Å². The highest BCUT2D eigenvalue weighted by Gasteiger charge is 2.40. The summed E-state index contributed by atoms with van der Waals surface area (Å²) < 4.78 is 0. The van der Waals surface area contributed by atoms with Crippen molar-refractivity contribution in [3.63, 3.8) is 0 Å². The standard InChI is InChI=1S/C9H5NO2/c11-8-6-4-1-2-5(3-4)7(6)9(12)10-8/h1-2H,3H2,(H,10,11,12). The molecule has 2 amide bonds. The Labute approximate surface area is 68.4 Å². The first kappa shape index (κ1) is 5.94. The van der Waals surface area contributed by atoms with Crippen LogP contribution in [0.15, 0.2) is 34.4 Å². The topological polar surface area (TPSA) is 46.2 Å². The third kappa shape index (κ3) is 0.460. The summed E-state index contributed by atoms with van der Waals surface area (Å²) in [6.45, 7) is 0. The van der Waals surface area contributed by atoms with E-state index < -0.39 is 0 Å². The number of nitrogens with one attached hydrogen (secondary N) is 1. The van der Waals surface area contributed by atoms with E-state index in [1.54, 1.807) is 0 Å². The molecule has 1 heterocycles. The fraction of sp³-hybridized carbons (Fsp3) is 0.111. The highest BCUT2D eigenvalue weighted by Crippen LogP contribution is 2.42. The zero-order valence-corrected chi connectivity index (χ0v) is 6.18. The van der Waals surface area contributed by atoms with Gasteiger partial charge in [-0.1, -0.05) is 12.2 Å². The lowest BCUT2D eigenvalue weighted by Gasteiger charge is -1.96. The van der Waals surface area contributed by atoms with E-state index in [4.69, 9.17) is 0 Å². The maximum absolute atomic E-state index is 11.2. The van der Waals surface area contributed by atoms with E-state index in [-0.39, 0.29) is 11.8 Å². The molecule has 0 aromatic heterocycles. The first-order valence-electron chi connectivity index (χ1n) is 3.78. The van der Waals surface area contributed by atoms with Crippen LogP contribution in [0.5, 0.6) is 0 Å². The van der Waals surface area contributed by atoms with Crippen molar-refractivity contribution in [2.24, 2.45) is 0 Å². The lowest BCUT2D eigenvalue weighted by molar-refractivity contribution is -0.124. The smallest absolute Gasteiger partial charge is 0.259 e. The van der Waals surface area contributed by atoms with E-state index in [1.165, 1.54) is 0 Å². The van der Waals surface area contributed by atoms with Crippen molar-refractivity contribution in [1.29, 1.82) is 0 Å². The molecule has 12 heavy (non-hydrogen) atoms. The van der Waals surface area contributed by atoms with Gasteiger partial charge >= 0.3 is 0 Å². The lowest BCUT2D eigenvalue weighted by Crippen LogP contribution is -2.24. The molecule has 1 aliphatic heterocycles. The average molecular weight is 159 g/mol. The molecular formula is C9H5NO2. The summed E-state index contributed by atoms with van der Waals surface area (Å²) in [6, 6.07) is 0. The Bertz CT molecular complexity index is 386. The Balaban J connectivity index is 2.32. The molecule has 3 rings (SSSR count). The Hall–Kier alpha value is -1.64. The Morgan fingerprint density at radius 3 is 2.00 bits per heavy atom. The van der Waals surface area contributed by atoms with Crippen LogP contribution in [0.3, 0.4) is 0 Å². The number of imide groups is 1. The zero-order chi connectivity index (χ0) is 8.29. The molecule has 0 saturated carbocycles. The fourth-order valence-electron chi connectivity index (χ4n) is 1.94. The van der Waals surface area contributed by atoms with Gasteiger partial charge in [0, 0.05) is 0 Å². The third-order valence-corrected chi connectivity index (χ3v) is 2.44. The highest BCUT2D eigenvalue weighted by atomic mass is 16.2. The highest BCUT2D eigenvalue weighted by molar-refractivity contribution is 6.25. The number of amides is 2. The van der Waals surface area contributed by atoms with Gasteiger partial charge in [-0.05, 0) is 17.6 Å². The van der Waals surface area contributed by atoms with Gasteiger partial charge in [0.2, 0.25) is 0 Å². The van der Waals surface area contributed by atoms with Crippen molar-refractivity contribution in [1.82, 2.24) is 5.32 Å². The second-order valence-corrected chi connectivity index (χ2v) is 3.09. The van der Waals surface area contributed by atoms with Crippen LogP contribution in [0.25, 0.3) is 0 Å². The van der Waals surface area contributed by atoms with Crippen LogP contribution in [-0.2, 0) is 9.59 Å². The number of hydrogen-bond donors (Lipinski definition) is 1. The number of fused-ring (bicyclic) bond motifs is 4. The zero-order valence-electron chi connectivity index (χ0n) is 6.18. The molecule has 2 aliphatic carbocycles. The fourth-order valence-corrected chi connectivity index (χ4v) is 1.94. The summed E-state index contributed by atoms with van der Waals surface area (Å²) in [6.07, 6.45) is 4.59. The van der Waals surface area contributed by atoms with Gasteiger partial charge in [-0.3, -0.25) is 14.9 Å². The second-order valence-electron chi connectivity index (χ2n) is 3.09. The van der Waals surface area contributed by atoms with Crippen molar-refractivity contribution in [2.75, 3.05) is 0 Å². The summed E-state index contributed by atoms with van der Waals surface area (Å²) in [4.78, 5) is 22.4. The van der Waals surface area contributed by atoms with Gasteiger partial charge in [0.15, 0.2) is 0 Å². The van der Waals surface area contributed by atoms with Crippen LogP contribution in [0, 0.1) is 0 Å². The van der Waals surface area contributed by atoms with Gasteiger partial charge < -0.3 is 0 Å². The molecule has 1 N–H and O–H groups in total. The Morgan fingerprint density at radius 1 is 1.00 bits per heavy atom. The maximum Gasteiger partial charge on any atom is 0.259 e. The molecule has 3 heteroatoms. The molecule has 0 radical (unpaired) electrons. The minimum absolute atomic E-state index is 0.232. The molecule has 0 aromatic rings. The summed E-state index contributed by atoms with van der Waals surface area (Å²) in [7, 11) is 0. The van der Waals surface area contributed by atoms with Crippen molar-refractivity contribution >= 4 is 11.8 Å². The first-order valence-corrected chi connectivity index (χ1v) is 3.78. The predicted molar refractivity (Wildman–Crippen MR) is 41.0 cm³/mol. The van der Waals surface area contributed by atoms with Gasteiger partial charge in [0.05, 0.1) is 11.1 Å². The van der Waals surface area contributed by atoms with Crippen LogP contribution in [0.4, 0.5) is 0 Å². The normalized spacial score (nSPS) is 24.3. The lowest BCUT2D eigenvalue weighted by atomic mass is 10.1. The van der Waals surface area contributed by atoms with Gasteiger partial charge in [-0.25, -0.2) is 0 Å². The second kappa shape index (κ2) is 1.58. The summed E-state index contributed by atoms with van der Waals surface area (Å²) in [5, 5.41) is 2.29. The van der Waals surface area contributed by atoms with Crippen LogP contribution in [0.2, 0.25) is 0 Å². The quantitative estimate of drug-likeness (QED) is 0.513. The Morgan fingerprint density at radius 2 is 1.50 bits per heavy atom. The van der Waals surface area contributed by atoms with Crippen LogP contribution < -0.4 is 5.32 Å². The van der Waals surface area contributed by atoms with Crippen LogP contribution >= 0.6 is 0 Å². The average Bonchev–Trinajstić information content (AvgIpc) is 2.64. The minimum atomic E-state index is -0.232. The minimum Gasteiger partial charge on any atom is -0.288 e. The van der Waals surface area contributed by atoms with E-state index in [0.717, 1.165) is 17.6 Å². The van der Waals surface area contributed by atoms with Crippen LogP contribution in [-0.4, -0.2) is 11.8 Å². The van der Waals surface area contributed by atoms with E-state index in [0.29, 0.717) is 11.1 Å². The molecular weight excluding hydrogens is 154 g/mol. The molecule has 0 unspecified atom stereocenters. The predicted octanol–water partition coefficient (Wildman–Crippen LogP) is 0.209. The first-order chi connectivity index (χ1) is 5.77. The number of carbonyl (C=O) groups is 2. The number of rotatable bonds is 0. The van der Waals surface area contributed by atoms with E-state index in [1.807, 2.05) is 12.2 Å². The Kier molecular flexibility index (Phi) is 0.781. The van der Waals surface area contributed by atoms with Crippen molar-refractivity contribution in [2.45, 2.75) is 6.42 Å². The number of carbonyl (C=O) groups excluding carboxylic acids is 2. The van der Waals surface area contributed by atoms with Crippen molar-refractivity contribution < 1.29 is 9.59 Å². The molecule has 0 atom stereocenters. The van der Waals surface area contributed by atoms with Crippen molar-refractivity contribution in [3.05, 3.63) is 34.4 Å². The largest absolute Gasteiger partial charge is 0.288 e. The van der Waals surface area contributed by atoms with Crippen molar-refractivity contribution in [3.8, 4) is 0 Å². The van der Waals surface area contributed by atoms with Gasteiger partial charge in [0.25, 0.3) is 11.8 Å². The third-order valence-electron chi connectivity index (χ3n) is 2.44. The summed E-state index contributed by atoms with van der Waals surface area (Å²) in [5.41, 5.74) is 3.20. The molecule has 0 aromatic carbocycles.